The topological polar surface area (TPSA) is 60.4 Å². The van der Waals surface area contributed by atoms with E-state index in [0.29, 0.717) is 17.5 Å². The fraction of sp³-hybridized carbons (Fsp3) is 0.417. The molecule has 0 N–H and O–H groups in total. The van der Waals surface area contributed by atoms with Crippen LogP contribution in [0, 0.1) is 6.92 Å². The first-order valence-corrected chi connectivity index (χ1v) is 7.50. The van der Waals surface area contributed by atoms with Gasteiger partial charge >= 0.3 is 0 Å². The summed E-state index contributed by atoms with van der Waals surface area (Å²) in [4.78, 5) is 11.5. The minimum Gasteiger partial charge on any atom is -0.377 e. The van der Waals surface area contributed by atoms with Crippen LogP contribution in [0.1, 0.15) is 34.0 Å². The van der Waals surface area contributed by atoms with Gasteiger partial charge in [0.15, 0.2) is 9.84 Å². The molecule has 18 heavy (non-hydrogen) atoms. The van der Waals surface area contributed by atoms with Crippen LogP contribution < -0.4 is 0 Å². The van der Waals surface area contributed by atoms with Gasteiger partial charge in [0.25, 0.3) is 5.24 Å². The van der Waals surface area contributed by atoms with Crippen LogP contribution >= 0.6 is 11.6 Å². The van der Waals surface area contributed by atoms with Crippen molar-refractivity contribution in [1.82, 2.24) is 0 Å². The first-order chi connectivity index (χ1) is 8.38. The summed E-state index contributed by atoms with van der Waals surface area (Å²) >= 11 is 5.45. The van der Waals surface area contributed by atoms with Crippen LogP contribution in [0.3, 0.4) is 0 Å². The molecule has 6 heteroatoms. The van der Waals surface area contributed by atoms with Crippen molar-refractivity contribution in [2.45, 2.75) is 24.3 Å². The lowest BCUT2D eigenvalue weighted by Crippen LogP contribution is -2.23. The molecule has 1 aliphatic rings. The van der Waals surface area contributed by atoms with Crippen molar-refractivity contribution in [3.63, 3.8) is 0 Å². The number of hydrogen-bond acceptors (Lipinski definition) is 4. The number of hydrogen-bond donors (Lipinski definition) is 0. The molecule has 1 atom stereocenters. The van der Waals surface area contributed by atoms with Gasteiger partial charge in [0.2, 0.25) is 0 Å². The van der Waals surface area contributed by atoms with E-state index in [4.69, 9.17) is 16.3 Å². The summed E-state index contributed by atoms with van der Waals surface area (Å²) in [6, 6.07) is 3.17. The average Bonchev–Trinajstić information content (AvgIpc) is 2.28. The second-order valence-corrected chi connectivity index (χ2v) is 6.65. The monoisotopic (exact) mass is 288 g/mol. The number of sulfone groups is 1. The van der Waals surface area contributed by atoms with E-state index in [0.717, 1.165) is 0 Å². The maximum absolute atomic E-state index is 12.1. The van der Waals surface area contributed by atoms with E-state index in [2.05, 4.69) is 0 Å². The second-order valence-electron chi connectivity index (χ2n) is 4.26. The number of fused-ring (bicyclic) bond motifs is 1. The van der Waals surface area contributed by atoms with Gasteiger partial charge in [0.05, 0.1) is 16.8 Å². The highest BCUT2D eigenvalue weighted by Crippen LogP contribution is 2.37. The highest BCUT2D eigenvalue weighted by Gasteiger charge is 2.33. The van der Waals surface area contributed by atoms with E-state index in [9.17, 15) is 13.2 Å². The maximum Gasteiger partial charge on any atom is 0.252 e. The lowest BCUT2D eigenvalue weighted by atomic mass is 10.00. The predicted octanol–water partition coefficient (Wildman–Crippen LogP) is 2.24. The first-order valence-electron chi connectivity index (χ1n) is 5.47. The van der Waals surface area contributed by atoms with Crippen LogP contribution in [0.4, 0.5) is 0 Å². The quantitative estimate of drug-likeness (QED) is 0.783. The minimum atomic E-state index is -3.36. The lowest BCUT2D eigenvalue weighted by Gasteiger charge is -2.26. The molecule has 1 aromatic rings. The van der Waals surface area contributed by atoms with E-state index in [1.54, 1.807) is 26.2 Å². The Bertz CT molecular complexity index is 607. The number of rotatable bonds is 2. The van der Waals surface area contributed by atoms with E-state index in [1.165, 1.54) is 0 Å². The van der Waals surface area contributed by atoms with E-state index in [-0.39, 0.29) is 22.3 Å². The van der Waals surface area contributed by atoms with Crippen LogP contribution in [-0.4, -0.2) is 26.5 Å². The Morgan fingerprint density at radius 1 is 1.44 bits per heavy atom. The van der Waals surface area contributed by atoms with E-state index in [1.807, 2.05) is 0 Å². The number of carbonyl (C=O) groups excluding carboxylic acids is 1. The van der Waals surface area contributed by atoms with Crippen molar-refractivity contribution in [3.8, 4) is 0 Å². The Morgan fingerprint density at radius 3 is 2.67 bits per heavy atom. The third kappa shape index (κ3) is 2.06. The smallest absolute Gasteiger partial charge is 0.252 e. The van der Waals surface area contributed by atoms with Gasteiger partial charge in [-0.05, 0) is 42.1 Å². The Labute approximate surface area is 111 Å². The number of halogens is 1. The van der Waals surface area contributed by atoms with Crippen molar-refractivity contribution in [3.05, 3.63) is 28.8 Å². The molecule has 0 bridgehead atoms. The summed E-state index contributed by atoms with van der Waals surface area (Å²) < 4.78 is 29.5. The van der Waals surface area contributed by atoms with Gasteiger partial charge in [0, 0.05) is 12.7 Å². The average molecular weight is 289 g/mol. The summed E-state index contributed by atoms with van der Waals surface area (Å²) in [5.41, 5.74) is 1.26. The molecule has 0 spiro atoms. The SMILES string of the molecule is COC1CCS(=O)(=O)c2c1ccc(C(=O)Cl)c2C. The predicted molar refractivity (Wildman–Crippen MR) is 67.8 cm³/mol. The molecule has 0 fully saturated rings. The molecule has 2 rings (SSSR count). The van der Waals surface area contributed by atoms with Crippen molar-refractivity contribution in [2.75, 3.05) is 12.9 Å². The summed E-state index contributed by atoms with van der Waals surface area (Å²) in [6.45, 7) is 1.60. The van der Waals surface area contributed by atoms with Crippen LogP contribution in [0.2, 0.25) is 0 Å². The van der Waals surface area contributed by atoms with Crippen LogP contribution in [0.15, 0.2) is 17.0 Å². The van der Waals surface area contributed by atoms with Crippen molar-refractivity contribution < 1.29 is 17.9 Å². The molecule has 4 nitrogen and oxygen atoms in total. The largest absolute Gasteiger partial charge is 0.377 e. The normalized spacial score (nSPS) is 21.4. The molecular formula is C12H13ClO4S. The summed E-state index contributed by atoms with van der Waals surface area (Å²) in [7, 11) is -1.82. The summed E-state index contributed by atoms with van der Waals surface area (Å²) in [5.74, 6) is 0.0271. The Hall–Kier alpha value is -0.910. The molecular weight excluding hydrogens is 276 g/mol. The fourth-order valence-corrected chi connectivity index (χ4v) is 4.42. The zero-order chi connectivity index (χ0) is 13.5. The Morgan fingerprint density at radius 2 is 2.11 bits per heavy atom. The van der Waals surface area contributed by atoms with Gasteiger partial charge in [-0.1, -0.05) is 6.07 Å². The molecule has 0 saturated heterocycles. The Balaban J connectivity index is 2.76. The van der Waals surface area contributed by atoms with Crippen molar-refractivity contribution in [2.24, 2.45) is 0 Å². The molecule has 0 amide bonds. The van der Waals surface area contributed by atoms with Crippen molar-refractivity contribution >= 4 is 26.7 Å². The van der Waals surface area contributed by atoms with Gasteiger partial charge < -0.3 is 4.74 Å². The van der Waals surface area contributed by atoms with Crippen LogP contribution in [0.25, 0.3) is 0 Å². The molecule has 1 aromatic carbocycles. The molecule has 1 heterocycles. The summed E-state index contributed by atoms with van der Waals surface area (Å²) in [5, 5.41) is -0.648. The maximum atomic E-state index is 12.1. The third-order valence-electron chi connectivity index (χ3n) is 3.24. The van der Waals surface area contributed by atoms with Gasteiger partial charge in [-0.25, -0.2) is 8.42 Å². The zero-order valence-electron chi connectivity index (χ0n) is 10.1. The molecule has 1 aliphatic heterocycles. The molecule has 0 saturated carbocycles. The lowest BCUT2D eigenvalue weighted by molar-refractivity contribution is 0.0960. The number of benzene rings is 1. The van der Waals surface area contributed by atoms with Gasteiger partial charge in [0.1, 0.15) is 0 Å². The van der Waals surface area contributed by atoms with Gasteiger partial charge in [-0.15, -0.1) is 0 Å². The van der Waals surface area contributed by atoms with Crippen LogP contribution in [0.5, 0.6) is 0 Å². The van der Waals surface area contributed by atoms with Gasteiger partial charge in [-0.2, -0.15) is 0 Å². The number of carbonyl (C=O) groups is 1. The number of ether oxygens (including phenoxy) is 1. The van der Waals surface area contributed by atoms with E-state index < -0.39 is 15.1 Å². The molecule has 0 radical (unpaired) electrons. The molecule has 1 unspecified atom stereocenters. The summed E-state index contributed by atoms with van der Waals surface area (Å²) in [6.07, 6.45) is 0.182. The fourth-order valence-electron chi connectivity index (χ4n) is 2.36. The van der Waals surface area contributed by atoms with Crippen LogP contribution in [-0.2, 0) is 14.6 Å². The number of methoxy groups -OCH3 is 1. The Kier molecular flexibility index (Phi) is 3.49. The molecule has 0 aliphatic carbocycles. The highest BCUT2D eigenvalue weighted by atomic mass is 35.5. The van der Waals surface area contributed by atoms with Gasteiger partial charge in [-0.3, -0.25) is 4.79 Å². The minimum absolute atomic E-state index is 0.0271. The van der Waals surface area contributed by atoms with E-state index >= 15 is 0 Å². The zero-order valence-corrected chi connectivity index (χ0v) is 11.6. The second kappa shape index (κ2) is 4.64. The standard InChI is InChI=1S/C12H13ClO4S/c1-7-8(12(13)14)3-4-9-10(17-2)5-6-18(15,16)11(7)9/h3-4,10H,5-6H2,1-2H3. The van der Waals surface area contributed by atoms with Crippen molar-refractivity contribution in [1.29, 1.82) is 0 Å². The molecule has 98 valence electrons. The first kappa shape index (κ1) is 13.5. The third-order valence-corrected chi connectivity index (χ3v) is 5.38. The highest BCUT2D eigenvalue weighted by molar-refractivity contribution is 7.91. The molecule has 0 aromatic heterocycles.